The highest BCUT2D eigenvalue weighted by atomic mass is 15.3. The third-order valence-corrected chi connectivity index (χ3v) is 2.71. The van der Waals surface area contributed by atoms with Crippen molar-refractivity contribution in [3.8, 4) is 0 Å². The fraction of sp³-hybridized carbons (Fsp3) is 0.909. The van der Waals surface area contributed by atoms with E-state index in [1.54, 1.807) is 0 Å². The van der Waals surface area contributed by atoms with E-state index in [0.717, 1.165) is 6.54 Å². The van der Waals surface area contributed by atoms with E-state index in [4.69, 9.17) is 0 Å². The van der Waals surface area contributed by atoms with E-state index >= 15 is 0 Å². The summed E-state index contributed by atoms with van der Waals surface area (Å²) >= 11 is 0. The molecule has 0 atom stereocenters. The average molecular weight is 182 g/mol. The van der Waals surface area contributed by atoms with Crippen LogP contribution in [0.15, 0.2) is 5.10 Å². The molecular weight excluding hydrogens is 160 g/mol. The molecule has 1 N–H and O–H groups in total. The summed E-state index contributed by atoms with van der Waals surface area (Å²) in [7, 11) is 0. The van der Waals surface area contributed by atoms with Crippen LogP contribution >= 0.6 is 0 Å². The Morgan fingerprint density at radius 3 is 2.62 bits per heavy atom. The first-order valence-electron chi connectivity index (χ1n) is 5.32. The van der Waals surface area contributed by atoms with Crippen molar-refractivity contribution in [3.63, 3.8) is 0 Å². The summed E-state index contributed by atoms with van der Waals surface area (Å²) in [6.45, 7) is 9.96. The Bertz CT molecular complexity index is 192. The topological polar surface area (TPSA) is 24.4 Å². The van der Waals surface area contributed by atoms with Crippen LogP contribution in [0.3, 0.4) is 0 Å². The van der Waals surface area contributed by atoms with Crippen LogP contribution in [0.5, 0.6) is 0 Å². The standard InChI is InChI=1S/C11H22N2/c1-9(2)8-12-13-10-6-5-7-11(10,3)4/h9,12H,5-8H2,1-4H3/b13-10-. The predicted octanol–water partition coefficient (Wildman–Crippen LogP) is 2.80. The third-order valence-electron chi connectivity index (χ3n) is 2.71. The van der Waals surface area contributed by atoms with Crippen molar-refractivity contribution in [1.29, 1.82) is 0 Å². The van der Waals surface area contributed by atoms with Gasteiger partial charge in [-0.05, 0) is 25.2 Å². The van der Waals surface area contributed by atoms with Gasteiger partial charge in [-0.15, -0.1) is 0 Å². The first kappa shape index (κ1) is 10.6. The average Bonchev–Trinajstić information content (AvgIpc) is 2.30. The quantitative estimate of drug-likeness (QED) is 0.667. The summed E-state index contributed by atoms with van der Waals surface area (Å²) in [4.78, 5) is 0. The molecule has 0 saturated heterocycles. The molecule has 0 amide bonds. The van der Waals surface area contributed by atoms with E-state index in [1.807, 2.05) is 0 Å². The number of rotatable bonds is 3. The minimum atomic E-state index is 0.337. The zero-order chi connectivity index (χ0) is 9.90. The van der Waals surface area contributed by atoms with Gasteiger partial charge in [0.05, 0.1) is 0 Å². The maximum Gasteiger partial charge on any atom is 0.0434 e. The summed E-state index contributed by atoms with van der Waals surface area (Å²) in [6.07, 6.45) is 3.77. The van der Waals surface area contributed by atoms with Gasteiger partial charge in [0.2, 0.25) is 0 Å². The molecule has 0 aromatic heterocycles. The summed E-state index contributed by atoms with van der Waals surface area (Å²) in [5.74, 6) is 0.675. The molecule has 2 heteroatoms. The second kappa shape index (κ2) is 4.12. The molecule has 1 aliphatic carbocycles. The van der Waals surface area contributed by atoms with Crippen LogP contribution in [-0.2, 0) is 0 Å². The molecule has 0 aromatic rings. The number of hydrogen-bond acceptors (Lipinski definition) is 2. The zero-order valence-corrected chi connectivity index (χ0v) is 9.35. The maximum absolute atomic E-state index is 4.48. The highest BCUT2D eigenvalue weighted by molar-refractivity contribution is 5.91. The number of hydrogen-bond donors (Lipinski definition) is 1. The molecule has 13 heavy (non-hydrogen) atoms. The van der Waals surface area contributed by atoms with E-state index in [9.17, 15) is 0 Å². The van der Waals surface area contributed by atoms with E-state index in [-0.39, 0.29) is 0 Å². The Morgan fingerprint density at radius 2 is 2.15 bits per heavy atom. The summed E-state index contributed by atoms with van der Waals surface area (Å²) < 4.78 is 0. The van der Waals surface area contributed by atoms with Gasteiger partial charge in [-0.3, -0.25) is 0 Å². The second-order valence-corrected chi connectivity index (χ2v) is 5.05. The van der Waals surface area contributed by atoms with Crippen molar-refractivity contribution in [3.05, 3.63) is 0 Å². The SMILES string of the molecule is CC(C)CN/N=C1/CCCC1(C)C. The summed E-state index contributed by atoms with van der Waals surface area (Å²) in [5.41, 5.74) is 4.86. The van der Waals surface area contributed by atoms with Gasteiger partial charge in [-0.25, -0.2) is 0 Å². The molecule has 0 bridgehead atoms. The number of nitrogens with one attached hydrogen (secondary N) is 1. The molecule has 76 valence electrons. The van der Waals surface area contributed by atoms with Gasteiger partial charge in [-0.2, -0.15) is 5.10 Å². The first-order chi connectivity index (χ1) is 6.02. The molecule has 1 aliphatic rings. The van der Waals surface area contributed by atoms with Crippen molar-refractivity contribution in [2.75, 3.05) is 6.54 Å². The van der Waals surface area contributed by atoms with Crippen molar-refractivity contribution in [2.45, 2.75) is 47.0 Å². The van der Waals surface area contributed by atoms with Gasteiger partial charge in [0.1, 0.15) is 0 Å². The fourth-order valence-corrected chi connectivity index (χ4v) is 1.71. The Morgan fingerprint density at radius 1 is 1.46 bits per heavy atom. The molecular formula is C11H22N2. The van der Waals surface area contributed by atoms with Crippen molar-refractivity contribution < 1.29 is 0 Å². The minimum absolute atomic E-state index is 0.337. The molecule has 1 saturated carbocycles. The van der Waals surface area contributed by atoms with Gasteiger partial charge in [0, 0.05) is 17.7 Å². The lowest BCUT2D eigenvalue weighted by Gasteiger charge is -2.18. The molecule has 0 unspecified atom stereocenters. The minimum Gasteiger partial charge on any atom is -0.310 e. The lowest BCUT2D eigenvalue weighted by atomic mass is 9.90. The number of nitrogens with zero attached hydrogens (tertiary/aromatic N) is 1. The van der Waals surface area contributed by atoms with Crippen molar-refractivity contribution >= 4 is 5.71 Å². The first-order valence-corrected chi connectivity index (χ1v) is 5.32. The fourth-order valence-electron chi connectivity index (χ4n) is 1.71. The lowest BCUT2D eigenvalue weighted by Crippen LogP contribution is -2.22. The molecule has 0 spiro atoms. The van der Waals surface area contributed by atoms with Crippen LogP contribution in [0.4, 0.5) is 0 Å². The Hall–Kier alpha value is -0.530. The Labute approximate surface area is 81.8 Å². The molecule has 0 aromatic carbocycles. The predicted molar refractivity (Wildman–Crippen MR) is 57.9 cm³/mol. The Kier molecular flexibility index (Phi) is 3.34. The summed E-state index contributed by atoms with van der Waals surface area (Å²) in [5, 5.41) is 4.48. The molecule has 0 heterocycles. The molecule has 0 radical (unpaired) electrons. The molecule has 0 aliphatic heterocycles. The highest BCUT2D eigenvalue weighted by Crippen LogP contribution is 2.34. The third kappa shape index (κ3) is 3.02. The van der Waals surface area contributed by atoms with Gasteiger partial charge in [-0.1, -0.05) is 27.7 Å². The van der Waals surface area contributed by atoms with Crippen LogP contribution in [0, 0.1) is 11.3 Å². The Balaban J connectivity index is 2.42. The van der Waals surface area contributed by atoms with Gasteiger partial charge in [0.15, 0.2) is 0 Å². The van der Waals surface area contributed by atoms with E-state index in [1.165, 1.54) is 25.0 Å². The van der Waals surface area contributed by atoms with Crippen LogP contribution in [-0.4, -0.2) is 12.3 Å². The smallest absolute Gasteiger partial charge is 0.0434 e. The van der Waals surface area contributed by atoms with E-state index in [2.05, 4.69) is 38.2 Å². The van der Waals surface area contributed by atoms with Crippen LogP contribution < -0.4 is 5.43 Å². The maximum atomic E-state index is 4.48. The van der Waals surface area contributed by atoms with Gasteiger partial charge >= 0.3 is 0 Å². The largest absolute Gasteiger partial charge is 0.310 e. The van der Waals surface area contributed by atoms with Crippen molar-refractivity contribution in [2.24, 2.45) is 16.4 Å². The molecule has 1 fully saturated rings. The van der Waals surface area contributed by atoms with Crippen molar-refractivity contribution in [1.82, 2.24) is 5.43 Å². The van der Waals surface area contributed by atoms with E-state index < -0.39 is 0 Å². The lowest BCUT2D eigenvalue weighted by molar-refractivity contribution is 0.502. The normalized spacial score (nSPS) is 24.2. The van der Waals surface area contributed by atoms with Crippen LogP contribution in [0.2, 0.25) is 0 Å². The molecule has 1 rings (SSSR count). The van der Waals surface area contributed by atoms with Gasteiger partial charge < -0.3 is 5.43 Å². The van der Waals surface area contributed by atoms with Gasteiger partial charge in [0.25, 0.3) is 0 Å². The van der Waals surface area contributed by atoms with Crippen LogP contribution in [0.1, 0.15) is 47.0 Å². The van der Waals surface area contributed by atoms with Crippen LogP contribution in [0.25, 0.3) is 0 Å². The number of hydrazone groups is 1. The summed E-state index contributed by atoms with van der Waals surface area (Å²) in [6, 6.07) is 0. The second-order valence-electron chi connectivity index (χ2n) is 5.05. The van der Waals surface area contributed by atoms with E-state index in [0.29, 0.717) is 11.3 Å². The highest BCUT2D eigenvalue weighted by Gasteiger charge is 2.30. The zero-order valence-electron chi connectivity index (χ0n) is 9.35. The molecule has 2 nitrogen and oxygen atoms in total. The monoisotopic (exact) mass is 182 g/mol.